The van der Waals surface area contributed by atoms with E-state index in [0.717, 1.165) is 23.3 Å². The summed E-state index contributed by atoms with van der Waals surface area (Å²) in [5, 5.41) is 0. The molecule has 0 saturated heterocycles. The number of hydrogen-bond donors (Lipinski definition) is 0. The SMILES string of the molecule is CCC(=O)N(CC[C@@H](c1ccccc1)c1ccco1)Cc1ccc(F)cc1. The van der Waals surface area contributed by atoms with E-state index in [-0.39, 0.29) is 17.6 Å². The van der Waals surface area contributed by atoms with Crippen molar-refractivity contribution in [3.63, 3.8) is 0 Å². The molecule has 27 heavy (non-hydrogen) atoms. The molecule has 0 aliphatic heterocycles. The molecule has 0 spiro atoms. The third-order valence-corrected chi connectivity index (χ3v) is 4.72. The highest BCUT2D eigenvalue weighted by Gasteiger charge is 2.20. The van der Waals surface area contributed by atoms with Gasteiger partial charge < -0.3 is 9.32 Å². The van der Waals surface area contributed by atoms with Crippen molar-refractivity contribution >= 4 is 5.91 Å². The first-order chi connectivity index (χ1) is 13.2. The lowest BCUT2D eigenvalue weighted by molar-refractivity contribution is -0.131. The number of rotatable bonds is 8. The molecule has 0 fully saturated rings. The summed E-state index contributed by atoms with van der Waals surface area (Å²) in [6.45, 7) is 2.94. The van der Waals surface area contributed by atoms with Crippen molar-refractivity contribution < 1.29 is 13.6 Å². The van der Waals surface area contributed by atoms with E-state index < -0.39 is 0 Å². The first-order valence-electron chi connectivity index (χ1n) is 9.28. The fourth-order valence-corrected chi connectivity index (χ4v) is 3.26. The normalized spacial score (nSPS) is 11.9. The highest BCUT2D eigenvalue weighted by atomic mass is 19.1. The third-order valence-electron chi connectivity index (χ3n) is 4.72. The smallest absolute Gasteiger partial charge is 0.222 e. The van der Waals surface area contributed by atoms with Crippen LogP contribution in [0.15, 0.2) is 77.4 Å². The maximum Gasteiger partial charge on any atom is 0.222 e. The molecule has 1 atom stereocenters. The molecule has 1 heterocycles. The maximum absolute atomic E-state index is 13.2. The predicted octanol–water partition coefficient (Wildman–Crippen LogP) is 5.38. The Balaban J connectivity index is 1.75. The highest BCUT2D eigenvalue weighted by Crippen LogP contribution is 2.29. The molecule has 4 heteroatoms. The molecule has 3 rings (SSSR count). The van der Waals surface area contributed by atoms with Gasteiger partial charge in [-0.1, -0.05) is 49.4 Å². The molecule has 0 radical (unpaired) electrons. The minimum Gasteiger partial charge on any atom is -0.469 e. The maximum atomic E-state index is 13.2. The van der Waals surface area contributed by atoms with Crippen LogP contribution in [0.5, 0.6) is 0 Å². The van der Waals surface area contributed by atoms with Gasteiger partial charge in [-0.05, 0) is 41.8 Å². The van der Waals surface area contributed by atoms with Gasteiger partial charge in [0.25, 0.3) is 0 Å². The summed E-state index contributed by atoms with van der Waals surface area (Å²) >= 11 is 0. The summed E-state index contributed by atoms with van der Waals surface area (Å²) < 4.78 is 18.8. The molecule has 3 aromatic rings. The van der Waals surface area contributed by atoms with Crippen LogP contribution < -0.4 is 0 Å². The van der Waals surface area contributed by atoms with Crippen molar-refractivity contribution in [2.75, 3.05) is 6.54 Å². The van der Waals surface area contributed by atoms with Gasteiger partial charge in [0.15, 0.2) is 0 Å². The van der Waals surface area contributed by atoms with Crippen molar-refractivity contribution in [3.8, 4) is 0 Å². The molecule has 0 aliphatic carbocycles. The standard InChI is InChI=1S/C23H24FNO2/c1-2-23(26)25(17-18-10-12-20(24)13-11-18)15-14-21(22-9-6-16-27-22)19-7-4-3-5-8-19/h3-13,16,21H,2,14-15,17H2,1H3/t21-/m0/s1. The van der Waals surface area contributed by atoms with Gasteiger partial charge in [-0.25, -0.2) is 4.39 Å². The second kappa shape index (κ2) is 9.17. The monoisotopic (exact) mass is 365 g/mol. The van der Waals surface area contributed by atoms with Crippen LogP contribution in [0, 0.1) is 5.82 Å². The van der Waals surface area contributed by atoms with E-state index in [1.165, 1.54) is 12.1 Å². The quantitative estimate of drug-likeness (QED) is 0.537. The Morgan fingerprint density at radius 1 is 1.04 bits per heavy atom. The van der Waals surface area contributed by atoms with Gasteiger partial charge in [-0.2, -0.15) is 0 Å². The molecule has 2 aromatic carbocycles. The van der Waals surface area contributed by atoms with Crippen molar-refractivity contribution in [1.29, 1.82) is 0 Å². The molecule has 1 amide bonds. The molecule has 0 bridgehead atoms. The van der Waals surface area contributed by atoms with Gasteiger partial charge >= 0.3 is 0 Å². The van der Waals surface area contributed by atoms with Gasteiger partial charge in [-0.15, -0.1) is 0 Å². The summed E-state index contributed by atoms with van der Waals surface area (Å²) in [6.07, 6.45) is 2.88. The van der Waals surface area contributed by atoms with E-state index >= 15 is 0 Å². The number of furan rings is 1. The average Bonchev–Trinajstić information content (AvgIpc) is 3.23. The Bertz CT molecular complexity index is 829. The Labute approximate surface area is 159 Å². The van der Waals surface area contributed by atoms with Crippen LogP contribution in [0.1, 0.15) is 42.6 Å². The Kier molecular flexibility index (Phi) is 6.42. The minimum absolute atomic E-state index is 0.0848. The number of carbonyl (C=O) groups is 1. The lowest BCUT2D eigenvalue weighted by Gasteiger charge is -2.25. The first kappa shape index (κ1) is 18.9. The fraction of sp³-hybridized carbons (Fsp3) is 0.261. The van der Waals surface area contributed by atoms with Gasteiger partial charge in [0.05, 0.1) is 6.26 Å². The molecule has 0 N–H and O–H groups in total. The number of benzene rings is 2. The molecule has 0 unspecified atom stereocenters. The zero-order chi connectivity index (χ0) is 19.1. The van der Waals surface area contributed by atoms with Gasteiger partial charge in [0.2, 0.25) is 5.91 Å². The van der Waals surface area contributed by atoms with E-state index in [2.05, 4.69) is 12.1 Å². The first-order valence-corrected chi connectivity index (χ1v) is 9.28. The highest BCUT2D eigenvalue weighted by molar-refractivity contribution is 5.75. The molecule has 140 valence electrons. The van der Waals surface area contributed by atoms with Gasteiger partial charge in [0.1, 0.15) is 11.6 Å². The molecule has 3 nitrogen and oxygen atoms in total. The number of hydrogen-bond acceptors (Lipinski definition) is 2. The minimum atomic E-state index is -0.269. The summed E-state index contributed by atoms with van der Waals surface area (Å²) in [7, 11) is 0. The Hall–Kier alpha value is -2.88. The van der Waals surface area contributed by atoms with E-state index in [0.29, 0.717) is 19.5 Å². The van der Waals surface area contributed by atoms with Crippen molar-refractivity contribution in [3.05, 3.63) is 95.7 Å². The molecule has 0 aliphatic rings. The zero-order valence-corrected chi connectivity index (χ0v) is 15.5. The summed E-state index contributed by atoms with van der Waals surface area (Å²) in [5.74, 6) is 0.799. The summed E-state index contributed by atoms with van der Waals surface area (Å²) in [5.41, 5.74) is 2.09. The van der Waals surface area contributed by atoms with Crippen molar-refractivity contribution in [2.24, 2.45) is 0 Å². The number of carbonyl (C=O) groups excluding carboxylic acids is 1. The molecule has 1 aromatic heterocycles. The number of nitrogens with zero attached hydrogens (tertiary/aromatic N) is 1. The van der Waals surface area contributed by atoms with Gasteiger partial charge in [-0.3, -0.25) is 4.79 Å². The number of amides is 1. The van der Waals surface area contributed by atoms with Crippen LogP contribution in [-0.2, 0) is 11.3 Å². The second-order valence-corrected chi connectivity index (χ2v) is 6.56. The van der Waals surface area contributed by atoms with Crippen LogP contribution in [-0.4, -0.2) is 17.4 Å². The topological polar surface area (TPSA) is 33.5 Å². The average molecular weight is 365 g/mol. The van der Waals surface area contributed by atoms with E-state index in [1.807, 2.05) is 42.2 Å². The number of halogens is 1. The predicted molar refractivity (Wildman–Crippen MR) is 104 cm³/mol. The lowest BCUT2D eigenvalue weighted by Crippen LogP contribution is -2.31. The van der Waals surface area contributed by atoms with Crippen LogP contribution in [0.2, 0.25) is 0 Å². The molecular formula is C23H24FNO2. The molecular weight excluding hydrogens is 341 g/mol. The van der Waals surface area contributed by atoms with Gasteiger partial charge in [0, 0.05) is 25.4 Å². The van der Waals surface area contributed by atoms with Crippen LogP contribution in [0.4, 0.5) is 4.39 Å². The summed E-state index contributed by atoms with van der Waals surface area (Å²) in [4.78, 5) is 14.3. The Morgan fingerprint density at radius 2 is 1.78 bits per heavy atom. The van der Waals surface area contributed by atoms with E-state index in [4.69, 9.17) is 4.42 Å². The van der Waals surface area contributed by atoms with Crippen LogP contribution >= 0.6 is 0 Å². The summed E-state index contributed by atoms with van der Waals surface area (Å²) in [6, 6.07) is 20.4. The zero-order valence-electron chi connectivity index (χ0n) is 15.5. The van der Waals surface area contributed by atoms with E-state index in [9.17, 15) is 9.18 Å². The molecule has 0 saturated carbocycles. The largest absolute Gasteiger partial charge is 0.469 e. The third kappa shape index (κ3) is 5.07. The fourth-order valence-electron chi connectivity index (χ4n) is 3.26. The van der Waals surface area contributed by atoms with Crippen LogP contribution in [0.25, 0.3) is 0 Å². The second-order valence-electron chi connectivity index (χ2n) is 6.56. The van der Waals surface area contributed by atoms with Crippen molar-refractivity contribution in [1.82, 2.24) is 4.90 Å². The van der Waals surface area contributed by atoms with Crippen molar-refractivity contribution in [2.45, 2.75) is 32.2 Å². The Morgan fingerprint density at radius 3 is 2.41 bits per heavy atom. The van der Waals surface area contributed by atoms with Crippen LogP contribution in [0.3, 0.4) is 0 Å². The van der Waals surface area contributed by atoms with E-state index in [1.54, 1.807) is 18.4 Å². The lowest BCUT2D eigenvalue weighted by atomic mass is 9.93.